The third-order valence-electron chi connectivity index (χ3n) is 3.70. The molecule has 0 aromatic carbocycles. The summed E-state index contributed by atoms with van der Waals surface area (Å²) in [6.07, 6.45) is 3.32. The fraction of sp³-hybridized carbons (Fsp3) is 0.692. The molecule has 1 aromatic heterocycles. The van der Waals surface area contributed by atoms with Gasteiger partial charge < -0.3 is 15.4 Å². The molecule has 1 aliphatic carbocycles. The number of morpholine rings is 1. The first-order chi connectivity index (χ1) is 10.7. The Hall–Kier alpha value is -2.00. The summed E-state index contributed by atoms with van der Waals surface area (Å²) in [6.45, 7) is 4.96. The molecule has 0 spiro atoms. The molecule has 2 N–H and O–H groups in total. The number of nitro groups is 1. The van der Waals surface area contributed by atoms with Crippen LogP contribution in [-0.4, -0.2) is 65.2 Å². The third kappa shape index (κ3) is 4.01. The summed E-state index contributed by atoms with van der Waals surface area (Å²) in [4.78, 5) is 21.1. The Balaban J connectivity index is 1.56. The van der Waals surface area contributed by atoms with E-state index in [9.17, 15) is 10.1 Å². The number of hydrogen-bond donors (Lipinski definition) is 2. The lowest BCUT2D eigenvalue weighted by Gasteiger charge is -2.26. The molecule has 3 rings (SSSR count). The van der Waals surface area contributed by atoms with Crippen LogP contribution in [0.15, 0.2) is 6.20 Å². The van der Waals surface area contributed by atoms with Crippen LogP contribution in [0.2, 0.25) is 0 Å². The number of nitrogens with zero attached hydrogens (tertiary/aromatic N) is 4. The van der Waals surface area contributed by atoms with Crippen LogP contribution in [0.1, 0.15) is 12.8 Å². The lowest BCUT2D eigenvalue weighted by atomic mass is 10.4. The SMILES string of the molecule is O=[N+]([O-])c1cnc(NCCN2CCOCC2)nc1NC1CC1. The van der Waals surface area contributed by atoms with E-state index in [-0.39, 0.29) is 5.69 Å². The number of aromatic nitrogens is 2. The molecule has 0 radical (unpaired) electrons. The second-order valence-corrected chi connectivity index (χ2v) is 5.48. The largest absolute Gasteiger partial charge is 0.379 e. The third-order valence-corrected chi connectivity index (χ3v) is 3.70. The summed E-state index contributed by atoms with van der Waals surface area (Å²) < 4.78 is 5.30. The summed E-state index contributed by atoms with van der Waals surface area (Å²) in [7, 11) is 0. The highest BCUT2D eigenvalue weighted by molar-refractivity contribution is 5.58. The maximum atomic E-state index is 11.0. The summed E-state index contributed by atoms with van der Waals surface area (Å²) in [5, 5.41) is 17.2. The van der Waals surface area contributed by atoms with Crippen LogP contribution in [-0.2, 0) is 4.74 Å². The van der Waals surface area contributed by atoms with Crippen LogP contribution in [0.3, 0.4) is 0 Å². The second-order valence-electron chi connectivity index (χ2n) is 5.48. The van der Waals surface area contributed by atoms with E-state index in [1.165, 1.54) is 6.20 Å². The van der Waals surface area contributed by atoms with E-state index in [0.29, 0.717) is 24.4 Å². The maximum absolute atomic E-state index is 11.0. The number of ether oxygens (including phenoxy) is 1. The molecule has 1 saturated carbocycles. The van der Waals surface area contributed by atoms with E-state index in [1.807, 2.05) is 0 Å². The zero-order valence-corrected chi connectivity index (χ0v) is 12.3. The zero-order valence-electron chi connectivity index (χ0n) is 12.3. The van der Waals surface area contributed by atoms with Crippen molar-refractivity contribution >= 4 is 17.5 Å². The first kappa shape index (κ1) is 14.9. The Labute approximate surface area is 128 Å². The average molecular weight is 308 g/mol. The number of rotatable bonds is 7. The summed E-state index contributed by atoms with van der Waals surface area (Å²) in [6, 6.07) is 0.301. The normalized spacial score (nSPS) is 18.9. The van der Waals surface area contributed by atoms with Crippen molar-refractivity contribution in [2.75, 3.05) is 50.0 Å². The van der Waals surface area contributed by atoms with Gasteiger partial charge in [-0.25, -0.2) is 4.98 Å². The number of anilines is 2. The quantitative estimate of drug-likeness (QED) is 0.560. The molecule has 9 nitrogen and oxygen atoms in total. The zero-order chi connectivity index (χ0) is 15.4. The van der Waals surface area contributed by atoms with Crippen LogP contribution < -0.4 is 10.6 Å². The molecule has 1 saturated heterocycles. The van der Waals surface area contributed by atoms with Gasteiger partial charge >= 0.3 is 5.69 Å². The van der Waals surface area contributed by atoms with Gasteiger partial charge in [0.05, 0.1) is 18.1 Å². The minimum Gasteiger partial charge on any atom is -0.379 e. The Morgan fingerprint density at radius 3 is 2.86 bits per heavy atom. The number of hydrogen-bond acceptors (Lipinski definition) is 8. The Morgan fingerprint density at radius 2 is 2.18 bits per heavy atom. The van der Waals surface area contributed by atoms with Crippen molar-refractivity contribution in [2.24, 2.45) is 0 Å². The fourth-order valence-electron chi connectivity index (χ4n) is 2.27. The highest BCUT2D eigenvalue weighted by Crippen LogP contribution is 2.29. The van der Waals surface area contributed by atoms with Crippen molar-refractivity contribution < 1.29 is 9.66 Å². The minimum absolute atomic E-state index is 0.0781. The minimum atomic E-state index is -0.456. The van der Waals surface area contributed by atoms with Crippen molar-refractivity contribution in [2.45, 2.75) is 18.9 Å². The molecule has 2 aliphatic rings. The highest BCUT2D eigenvalue weighted by Gasteiger charge is 2.26. The van der Waals surface area contributed by atoms with Crippen LogP contribution in [0.5, 0.6) is 0 Å². The van der Waals surface area contributed by atoms with Crippen LogP contribution >= 0.6 is 0 Å². The van der Waals surface area contributed by atoms with Gasteiger partial charge in [-0.3, -0.25) is 15.0 Å². The van der Waals surface area contributed by atoms with E-state index in [0.717, 1.165) is 45.7 Å². The second kappa shape index (κ2) is 6.84. The van der Waals surface area contributed by atoms with Gasteiger partial charge in [0, 0.05) is 32.2 Å². The van der Waals surface area contributed by atoms with Crippen LogP contribution in [0, 0.1) is 10.1 Å². The van der Waals surface area contributed by atoms with Crippen molar-refractivity contribution in [3.05, 3.63) is 16.3 Å². The molecule has 2 fully saturated rings. The van der Waals surface area contributed by atoms with Crippen LogP contribution in [0.25, 0.3) is 0 Å². The molecule has 1 aromatic rings. The van der Waals surface area contributed by atoms with Gasteiger partial charge in [-0.2, -0.15) is 4.98 Å². The van der Waals surface area contributed by atoms with Gasteiger partial charge in [-0.15, -0.1) is 0 Å². The predicted octanol–water partition coefficient (Wildman–Crippen LogP) is 0.703. The van der Waals surface area contributed by atoms with Crippen molar-refractivity contribution in [3.8, 4) is 0 Å². The van der Waals surface area contributed by atoms with E-state index < -0.39 is 4.92 Å². The van der Waals surface area contributed by atoms with E-state index in [4.69, 9.17) is 4.74 Å². The van der Waals surface area contributed by atoms with E-state index >= 15 is 0 Å². The van der Waals surface area contributed by atoms with E-state index in [2.05, 4.69) is 25.5 Å². The standard InChI is InChI=1S/C13H20N6O3/c20-19(21)11-9-15-13(17-12(11)16-10-1-2-10)14-3-4-18-5-7-22-8-6-18/h9-10H,1-8H2,(H2,14,15,16,17). The van der Waals surface area contributed by atoms with Gasteiger partial charge in [0.15, 0.2) is 0 Å². The molecule has 120 valence electrons. The predicted molar refractivity (Wildman–Crippen MR) is 81.1 cm³/mol. The monoisotopic (exact) mass is 308 g/mol. The molecule has 0 bridgehead atoms. The topological polar surface area (TPSA) is 105 Å². The number of nitrogens with one attached hydrogen (secondary N) is 2. The summed E-state index contributed by atoms with van der Waals surface area (Å²) >= 11 is 0. The van der Waals surface area contributed by atoms with Crippen molar-refractivity contribution in [1.82, 2.24) is 14.9 Å². The molecule has 0 unspecified atom stereocenters. The summed E-state index contributed by atoms with van der Waals surface area (Å²) in [5.41, 5.74) is -0.0781. The van der Waals surface area contributed by atoms with E-state index in [1.54, 1.807) is 0 Å². The summed E-state index contributed by atoms with van der Waals surface area (Å²) in [5.74, 6) is 0.721. The Kier molecular flexibility index (Phi) is 4.64. The molecule has 2 heterocycles. The molecule has 1 aliphatic heterocycles. The maximum Gasteiger partial charge on any atom is 0.329 e. The smallest absolute Gasteiger partial charge is 0.329 e. The molecule has 9 heteroatoms. The van der Waals surface area contributed by atoms with Crippen molar-refractivity contribution in [1.29, 1.82) is 0 Å². The Bertz CT molecular complexity index is 531. The van der Waals surface area contributed by atoms with Gasteiger partial charge in [0.25, 0.3) is 0 Å². The molecular formula is C13H20N6O3. The Morgan fingerprint density at radius 1 is 1.41 bits per heavy atom. The first-order valence-electron chi connectivity index (χ1n) is 7.54. The first-order valence-corrected chi connectivity index (χ1v) is 7.54. The van der Waals surface area contributed by atoms with Gasteiger partial charge in [0.1, 0.15) is 6.20 Å². The van der Waals surface area contributed by atoms with Gasteiger partial charge in [-0.1, -0.05) is 0 Å². The van der Waals surface area contributed by atoms with Crippen LogP contribution in [0.4, 0.5) is 17.5 Å². The lowest BCUT2D eigenvalue weighted by Crippen LogP contribution is -2.39. The highest BCUT2D eigenvalue weighted by atomic mass is 16.6. The molecule has 0 amide bonds. The fourth-order valence-corrected chi connectivity index (χ4v) is 2.27. The molecular weight excluding hydrogens is 288 g/mol. The average Bonchev–Trinajstić information content (AvgIpc) is 3.32. The van der Waals surface area contributed by atoms with Gasteiger partial charge in [-0.05, 0) is 12.8 Å². The van der Waals surface area contributed by atoms with Crippen molar-refractivity contribution in [3.63, 3.8) is 0 Å². The molecule has 22 heavy (non-hydrogen) atoms. The van der Waals surface area contributed by atoms with Gasteiger partial charge in [0.2, 0.25) is 11.8 Å². The lowest BCUT2D eigenvalue weighted by molar-refractivity contribution is -0.384. The molecule has 0 atom stereocenters.